The van der Waals surface area contributed by atoms with Gasteiger partial charge in [-0.05, 0) is 30.5 Å². The van der Waals surface area contributed by atoms with E-state index in [2.05, 4.69) is 17.4 Å². The van der Waals surface area contributed by atoms with Crippen LogP contribution in [0.25, 0.3) is 0 Å². The smallest absolute Gasteiger partial charge is 0.250 e. The minimum atomic E-state index is -0.187. The van der Waals surface area contributed by atoms with Gasteiger partial charge < -0.3 is 15.8 Å². The highest BCUT2D eigenvalue weighted by Gasteiger charge is 2.04. The molecule has 0 aromatic heterocycles. The molecule has 0 atom stereocenters. The van der Waals surface area contributed by atoms with Crippen molar-refractivity contribution in [2.75, 3.05) is 24.3 Å². The normalized spacial score (nSPS) is 10.3. The number of hydrogen-bond donors (Lipinski definition) is 2. The van der Waals surface area contributed by atoms with Crippen LogP contribution in [0.5, 0.6) is 0 Å². The summed E-state index contributed by atoms with van der Waals surface area (Å²) in [5.41, 5.74) is 8.21. The van der Waals surface area contributed by atoms with Crippen molar-refractivity contribution in [3.63, 3.8) is 0 Å². The Balaban J connectivity index is 1.63. The van der Waals surface area contributed by atoms with Crippen molar-refractivity contribution in [1.82, 2.24) is 0 Å². The summed E-state index contributed by atoms with van der Waals surface area (Å²) in [6, 6.07) is 17.4. The largest absolute Gasteiger partial charge is 0.397 e. The molecule has 0 saturated heterocycles. The molecule has 0 spiro atoms. The maximum atomic E-state index is 11.7. The molecule has 0 heterocycles. The molecule has 4 heteroatoms. The number of aryl methyl sites for hydroxylation is 1. The van der Waals surface area contributed by atoms with Crippen molar-refractivity contribution >= 4 is 17.3 Å². The van der Waals surface area contributed by atoms with Gasteiger partial charge in [0, 0.05) is 6.61 Å². The minimum absolute atomic E-state index is 0.0448. The summed E-state index contributed by atoms with van der Waals surface area (Å²) in [5.74, 6) is -0.187. The first-order valence-electron chi connectivity index (χ1n) is 7.02. The van der Waals surface area contributed by atoms with Crippen LogP contribution in [0, 0.1) is 0 Å². The van der Waals surface area contributed by atoms with Crippen LogP contribution >= 0.6 is 0 Å². The van der Waals surface area contributed by atoms with E-state index in [0.29, 0.717) is 18.0 Å². The molecular formula is C17H20N2O2. The van der Waals surface area contributed by atoms with Crippen LogP contribution in [0.2, 0.25) is 0 Å². The Kier molecular flexibility index (Phi) is 5.79. The lowest BCUT2D eigenvalue weighted by atomic mass is 10.1. The number of hydrogen-bond acceptors (Lipinski definition) is 3. The molecule has 0 bridgehead atoms. The van der Waals surface area contributed by atoms with Crippen LogP contribution in [0.4, 0.5) is 11.4 Å². The van der Waals surface area contributed by atoms with Crippen LogP contribution in [-0.4, -0.2) is 19.1 Å². The zero-order chi connectivity index (χ0) is 14.9. The predicted octanol–water partition coefficient (Wildman–Crippen LogP) is 2.86. The van der Waals surface area contributed by atoms with E-state index in [-0.39, 0.29) is 12.5 Å². The summed E-state index contributed by atoms with van der Waals surface area (Å²) in [6.45, 7) is 0.607. The number of para-hydroxylation sites is 2. The molecule has 0 aliphatic rings. The van der Waals surface area contributed by atoms with Gasteiger partial charge in [-0.3, -0.25) is 4.79 Å². The summed E-state index contributed by atoms with van der Waals surface area (Å²) < 4.78 is 5.38. The highest BCUT2D eigenvalue weighted by molar-refractivity contribution is 5.94. The van der Waals surface area contributed by atoms with Crippen LogP contribution in [0.3, 0.4) is 0 Å². The van der Waals surface area contributed by atoms with Gasteiger partial charge in [-0.1, -0.05) is 42.5 Å². The molecular weight excluding hydrogens is 264 g/mol. The maximum absolute atomic E-state index is 11.7. The van der Waals surface area contributed by atoms with E-state index < -0.39 is 0 Å². The minimum Gasteiger partial charge on any atom is -0.397 e. The Bertz CT molecular complexity index is 570. The number of anilines is 2. The number of ether oxygens (including phenoxy) is 1. The monoisotopic (exact) mass is 284 g/mol. The number of nitrogen functional groups attached to an aromatic ring is 1. The van der Waals surface area contributed by atoms with Crippen molar-refractivity contribution in [2.45, 2.75) is 12.8 Å². The van der Waals surface area contributed by atoms with Crippen LogP contribution in [0.15, 0.2) is 54.6 Å². The van der Waals surface area contributed by atoms with E-state index in [0.717, 1.165) is 12.8 Å². The van der Waals surface area contributed by atoms with Gasteiger partial charge in [0.2, 0.25) is 5.91 Å². The highest BCUT2D eigenvalue weighted by Crippen LogP contribution is 2.16. The highest BCUT2D eigenvalue weighted by atomic mass is 16.5. The Labute approximate surface area is 124 Å². The number of carbonyl (C=O) groups excluding carboxylic acids is 1. The molecule has 1 amide bonds. The maximum Gasteiger partial charge on any atom is 0.250 e. The van der Waals surface area contributed by atoms with Gasteiger partial charge in [0.05, 0.1) is 11.4 Å². The molecule has 0 radical (unpaired) electrons. The molecule has 0 fully saturated rings. The third-order valence-electron chi connectivity index (χ3n) is 3.06. The third-order valence-corrected chi connectivity index (χ3v) is 3.06. The fourth-order valence-corrected chi connectivity index (χ4v) is 1.99. The summed E-state index contributed by atoms with van der Waals surface area (Å²) in [4.78, 5) is 11.7. The summed E-state index contributed by atoms with van der Waals surface area (Å²) >= 11 is 0. The molecule has 2 aromatic rings. The molecule has 2 rings (SSSR count). The summed E-state index contributed by atoms with van der Waals surface area (Å²) in [5, 5.41) is 2.73. The van der Waals surface area contributed by atoms with Gasteiger partial charge in [-0.25, -0.2) is 0 Å². The molecule has 4 nitrogen and oxygen atoms in total. The molecule has 21 heavy (non-hydrogen) atoms. The zero-order valence-electron chi connectivity index (χ0n) is 11.9. The average Bonchev–Trinajstić information content (AvgIpc) is 2.50. The van der Waals surface area contributed by atoms with Crippen LogP contribution < -0.4 is 11.1 Å². The summed E-state index contributed by atoms with van der Waals surface area (Å²) in [7, 11) is 0. The first kappa shape index (κ1) is 15.1. The van der Waals surface area contributed by atoms with Crippen molar-refractivity contribution in [2.24, 2.45) is 0 Å². The Morgan fingerprint density at radius 2 is 1.76 bits per heavy atom. The van der Waals surface area contributed by atoms with E-state index >= 15 is 0 Å². The fraction of sp³-hybridized carbons (Fsp3) is 0.235. The lowest BCUT2D eigenvalue weighted by Crippen LogP contribution is -2.19. The standard InChI is InChI=1S/C17H20N2O2/c18-15-10-4-5-11-16(15)19-17(20)13-21-12-6-9-14-7-2-1-3-8-14/h1-5,7-8,10-11H,6,9,12-13,18H2,(H,19,20). The second-order valence-electron chi connectivity index (χ2n) is 4.78. The van der Waals surface area contributed by atoms with Crippen molar-refractivity contribution in [3.05, 3.63) is 60.2 Å². The van der Waals surface area contributed by atoms with Gasteiger partial charge >= 0.3 is 0 Å². The number of benzene rings is 2. The topological polar surface area (TPSA) is 64.3 Å². The van der Waals surface area contributed by atoms with Gasteiger partial charge in [0.25, 0.3) is 0 Å². The molecule has 0 unspecified atom stereocenters. The average molecular weight is 284 g/mol. The summed E-state index contributed by atoms with van der Waals surface area (Å²) in [6.07, 6.45) is 1.85. The Hall–Kier alpha value is -2.33. The number of rotatable bonds is 7. The predicted molar refractivity (Wildman–Crippen MR) is 85.1 cm³/mol. The lowest BCUT2D eigenvalue weighted by Gasteiger charge is -2.08. The first-order valence-corrected chi connectivity index (χ1v) is 7.02. The van der Waals surface area contributed by atoms with E-state index in [1.807, 2.05) is 30.3 Å². The molecule has 0 aliphatic heterocycles. The first-order chi connectivity index (χ1) is 10.3. The second kappa shape index (κ2) is 8.07. The number of nitrogens with one attached hydrogen (secondary N) is 1. The molecule has 0 aliphatic carbocycles. The molecule has 110 valence electrons. The van der Waals surface area contributed by atoms with Crippen LogP contribution in [-0.2, 0) is 16.0 Å². The van der Waals surface area contributed by atoms with E-state index in [9.17, 15) is 4.79 Å². The van der Waals surface area contributed by atoms with Gasteiger partial charge in [0.1, 0.15) is 6.61 Å². The Morgan fingerprint density at radius 1 is 1.05 bits per heavy atom. The van der Waals surface area contributed by atoms with Crippen LogP contribution in [0.1, 0.15) is 12.0 Å². The van der Waals surface area contributed by atoms with E-state index in [1.165, 1.54) is 5.56 Å². The lowest BCUT2D eigenvalue weighted by molar-refractivity contribution is -0.120. The van der Waals surface area contributed by atoms with E-state index in [1.54, 1.807) is 12.1 Å². The van der Waals surface area contributed by atoms with Gasteiger partial charge in [0.15, 0.2) is 0 Å². The van der Waals surface area contributed by atoms with Crippen molar-refractivity contribution in [3.8, 4) is 0 Å². The number of nitrogens with two attached hydrogens (primary N) is 1. The Morgan fingerprint density at radius 3 is 2.52 bits per heavy atom. The quantitative estimate of drug-likeness (QED) is 0.607. The van der Waals surface area contributed by atoms with Gasteiger partial charge in [-0.2, -0.15) is 0 Å². The molecule has 3 N–H and O–H groups in total. The second-order valence-corrected chi connectivity index (χ2v) is 4.78. The van der Waals surface area contributed by atoms with Crippen molar-refractivity contribution < 1.29 is 9.53 Å². The zero-order valence-corrected chi connectivity index (χ0v) is 11.9. The molecule has 2 aromatic carbocycles. The van der Waals surface area contributed by atoms with Gasteiger partial charge in [-0.15, -0.1) is 0 Å². The van der Waals surface area contributed by atoms with Crippen molar-refractivity contribution in [1.29, 1.82) is 0 Å². The molecule has 0 saturated carbocycles. The SMILES string of the molecule is Nc1ccccc1NC(=O)COCCCc1ccccc1. The van der Waals surface area contributed by atoms with E-state index in [4.69, 9.17) is 10.5 Å². The fourth-order valence-electron chi connectivity index (χ4n) is 1.99. The number of amides is 1. The third kappa shape index (κ3) is 5.28. The number of carbonyl (C=O) groups is 1.